The zero-order chi connectivity index (χ0) is 16.1. The molecule has 1 heterocycles. The normalized spacial score (nSPS) is 12.4. The van der Waals surface area contributed by atoms with Gasteiger partial charge in [-0.15, -0.1) is 0 Å². The quantitative estimate of drug-likeness (QED) is 0.626. The second kappa shape index (κ2) is 7.01. The molecule has 0 aliphatic heterocycles. The van der Waals surface area contributed by atoms with Crippen molar-refractivity contribution in [1.29, 1.82) is 0 Å². The van der Waals surface area contributed by atoms with Gasteiger partial charge in [0.1, 0.15) is 17.3 Å². The molecule has 0 amide bonds. The van der Waals surface area contributed by atoms with Crippen LogP contribution in [0.4, 0.5) is 0 Å². The first-order chi connectivity index (χ1) is 11.3. The third kappa shape index (κ3) is 3.54. The monoisotopic (exact) mass is 304 g/mol. The van der Waals surface area contributed by atoms with Crippen LogP contribution in [0.1, 0.15) is 28.6 Å². The van der Waals surface area contributed by atoms with Gasteiger partial charge in [0.2, 0.25) is 0 Å². The van der Waals surface area contributed by atoms with Crippen molar-refractivity contribution in [2.45, 2.75) is 12.8 Å². The molecule has 2 heteroatoms. The number of rotatable bonds is 5. The van der Waals surface area contributed by atoms with Gasteiger partial charge in [-0.05, 0) is 30.7 Å². The molecular formula is C21H20O2. The summed E-state index contributed by atoms with van der Waals surface area (Å²) in [4.78, 5) is 0. The topological polar surface area (TPSA) is 22.4 Å². The molecule has 2 nitrogen and oxygen atoms in total. The van der Waals surface area contributed by atoms with E-state index in [2.05, 4.69) is 36.4 Å². The number of benzene rings is 2. The van der Waals surface area contributed by atoms with Crippen LogP contribution in [-0.4, -0.2) is 7.11 Å². The maximum Gasteiger partial charge on any atom is 0.126 e. The smallest absolute Gasteiger partial charge is 0.126 e. The van der Waals surface area contributed by atoms with Crippen LogP contribution in [0.15, 0.2) is 77.2 Å². The summed E-state index contributed by atoms with van der Waals surface area (Å²) in [7, 11) is 1.69. The van der Waals surface area contributed by atoms with E-state index in [1.807, 2.05) is 49.4 Å². The molecule has 3 aromatic rings. The molecule has 0 radical (unpaired) electrons. The summed E-state index contributed by atoms with van der Waals surface area (Å²) in [5.74, 6) is 2.81. The zero-order valence-electron chi connectivity index (χ0n) is 13.4. The van der Waals surface area contributed by atoms with E-state index in [0.29, 0.717) is 0 Å². The van der Waals surface area contributed by atoms with Gasteiger partial charge in [0.25, 0.3) is 0 Å². The molecule has 0 aliphatic carbocycles. The minimum atomic E-state index is 0.0785. The zero-order valence-corrected chi connectivity index (χ0v) is 13.4. The third-order valence-electron chi connectivity index (χ3n) is 3.83. The first kappa shape index (κ1) is 15.2. The molecule has 0 saturated heterocycles. The summed E-state index contributed by atoms with van der Waals surface area (Å²) in [6.07, 6.45) is 4.25. The van der Waals surface area contributed by atoms with E-state index in [1.165, 1.54) is 5.56 Å². The standard InChI is InChI=1S/C21H20O2/c1-16-12-15-21(23-16)19(17-8-4-3-5-9-17)14-13-18-10-6-7-11-20(18)22-2/h3-15,19H,1-2H3/b14-13+. The van der Waals surface area contributed by atoms with Crippen LogP contribution in [0.5, 0.6) is 5.75 Å². The lowest BCUT2D eigenvalue weighted by atomic mass is 9.95. The molecule has 1 aromatic heterocycles. The van der Waals surface area contributed by atoms with Gasteiger partial charge in [0.15, 0.2) is 0 Å². The van der Waals surface area contributed by atoms with Gasteiger partial charge in [0, 0.05) is 5.56 Å². The molecule has 0 aliphatic rings. The van der Waals surface area contributed by atoms with Crippen LogP contribution in [0.3, 0.4) is 0 Å². The van der Waals surface area contributed by atoms with E-state index in [0.717, 1.165) is 22.8 Å². The Morgan fingerprint density at radius 1 is 0.913 bits per heavy atom. The second-order valence-corrected chi connectivity index (χ2v) is 5.44. The van der Waals surface area contributed by atoms with Crippen molar-refractivity contribution in [2.24, 2.45) is 0 Å². The van der Waals surface area contributed by atoms with Gasteiger partial charge in [0.05, 0.1) is 13.0 Å². The van der Waals surface area contributed by atoms with E-state index < -0.39 is 0 Å². The predicted octanol–water partition coefficient (Wildman–Crippen LogP) is 5.44. The first-order valence-electron chi connectivity index (χ1n) is 7.70. The number of methoxy groups -OCH3 is 1. The Morgan fingerprint density at radius 3 is 2.35 bits per heavy atom. The van der Waals surface area contributed by atoms with E-state index in [9.17, 15) is 0 Å². The number of ether oxygens (including phenoxy) is 1. The fourth-order valence-electron chi connectivity index (χ4n) is 2.66. The van der Waals surface area contributed by atoms with Crippen molar-refractivity contribution in [3.05, 3.63) is 95.5 Å². The number of allylic oxidation sites excluding steroid dienone is 1. The molecule has 116 valence electrons. The molecule has 0 N–H and O–H groups in total. The number of aryl methyl sites for hydroxylation is 1. The highest BCUT2D eigenvalue weighted by Crippen LogP contribution is 2.29. The average molecular weight is 304 g/mol. The minimum Gasteiger partial charge on any atom is -0.496 e. The van der Waals surface area contributed by atoms with Gasteiger partial charge < -0.3 is 9.15 Å². The van der Waals surface area contributed by atoms with Gasteiger partial charge in [-0.2, -0.15) is 0 Å². The molecule has 1 unspecified atom stereocenters. The van der Waals surface area contributed by atoms with Crippen molar-refractivity contribution in [3.8, 4) is 5.75 Å². The van der Waals surface area contributed by atoms with Crippen LogP contribution < -0.4 is 4.74 Å². The van der Waals surface area contributed by atoms with Crippen LogP contribution in [-0.2, 0) is 0 Å². The van der Waals surface area contributed by atoms with Crippen molar-refractivity contribution >= 4 is 6.08 Å². The predicted molar refractivity (Wildman–Crippen MR) is 93.8 cm³/mol. The third-order valence-corrected chi connectivity index (χ3v) is 3.83. The Morgan fingerprint density at radius 2 is 1.65 bits per heavy atom. The lowest BCUT2D eigenvalue weighted by Gasteiger charge is -2.11. The van der Waals surface area contributed by atoms with Gasteiger partial charge in [-0.3, -0.25) is 0 Å². The largest absolute Gasteiger partial charge is 0.496 e. The summed E-state index contributed by atoms with van der Waals surface area (Å²) in [5.41, 5.74) is 2.26. The molecule has 0 fully saturated rings. The molecule has 0 bridgehead atoms. The molecule has 1 atom stereocenters. The summed E-state index contributed by atoms with van der Waals surface area (Å²) in [6, 6.07) is 22.4. The molecule has 0 spiro atoms. The average Bonchev–Trinajstić information content (AvgIpc) is 3.02. The Hall–Kier alpha value is -2.74. The highest BCUT2D eigenvalue weighted by atomic mass is 16.5. The maximum absolute atomic E-state index is 5.86. The van der Waals surface area contributed by atoms with Crippen molar-refractivity contribution < 1.29 is 9.15 Å². The highest BCUT2D eigenvalue weighted by Gasteiger charge is 2.14. The van der Waals surface area contributed by atoms with E-state index in [4.69, 9.17) is 9.15 Å². The van der Waals surface area contributed by atoms with Gasteiger partial charge in [-0.1, -0.05) is 60.7 Å². The van der Waals surface area contributed by atoms with Crippen LogP contribution in [0.2, 0.25) is 0 Å². The van der Waals surface area contributed by atoms with E-state index in [1.54, 1.807) is 7.11 Å². The van der Waals surface area contributed by atoms with Crippen molar-refractivity contribution in [1.82, 2.24) is 0 Å². The molecular weight excluding hydrogens is 284 g/mol. The SMILES string of the molecule is COc1ccccc1/C=C/C(c1ccccc1)c1ccc(C)o1. The number of para-hydroxylation sites is 1. The Labute approximate surface area is 137 Å². The van der Waals surface area contributed by atoms with E-state index >= 15 is 0 Å². The molecule has 3 rings (SSSR count). The van der Waals surface area contributed by atoms with Crippen LogP contribution in [0.25, 0.3) is 6.08 Å². The van der Waals surface area contributed by atoms with Gasteiger partial charge in [-0.25, -0.2) is 0 Å². The summed E-state index contributed by atoms with van der Waals surface area (Å²) >= 11 is 0. The number of furan rings is 1. The van der Waals surface area contributed by atoms with Gasteiger partial charge >= 0.3 is 0 Å². The lowest BCUT2D eigenvalue weighted by Crippen LogP contribution is -1.96. The van der Waals surface area contributed by atoms with Crippen molar-refractivity contribution in [3.63, 3.8) is 0 Å². The molecule has 2 aromatic carbocycles. The maximum atomic E-state index is 5.86. The Balaban J connectivity index is 1.98. The van der Waals surface area contributed by atoms with Crippen LogP contribution >= 0.6 is 0 Å². The summed E-state index contributed by atoms with van der Waals surface area (Å²) < 4.78 is 11.3. The first-order valence-corrected chi connectivity index (χ1v) is 7.70. The van der Waals surface area contributed by atoms with Crippen LogP contribution in [0, 0.1) is 6.92 Å². The summed E-state index contributed by atoms with van der Waals surface area (Å²) in [6.45, 7) is 1.97. The Bertz CT molecular complexity index is 784. The van der Waals surface area contributed by atoms with Crippen molar-refractivity contribution in [2.75, 3.05) is 7.11 Å². The molecule has 23 heavy (non-hydrogen) atoms. The minimum absolute atomic E-state index is 0.0785. The lowest BCUT2D eigenvalue weighted by molar-refractivity contribution is 0.414. The summed E-state index contributed by atoms with van der Waals surface area (Å²) in [5, 5.41) is 0. The fourth-order valence-corrected chi connectivity index (χ4v) is 2.66. The number of hydrogen-bond donors (Lipinski definition) is 0. The Kier molecular flexibility index (Phi) is 4.62. The highest BCUT2D eigenvalue weighted by molar-refractivity contribution is 5.59. The second-order valence-electron chi connectivity index (χ2n) is 5.44. The van der Waals surface area contributed by atoms with E-state index in [-0.39, 0.29) is 5.92 Å². The number of hydrogen-bond acceptors (Lipinski definition) is 2. The fraction of sp³-hybridized carbons (Fsp3) is 0.143. The molecule has 0 saturated carbocycles.